The number of benzene rings is 1. The molecule has 0 bridgehead atoms. The smallest absolute Gasteiger partial charge is 0.200 e. The minimum atomic E-state index is -0.0508. The SMILES string of the molecule is CC(C)(C)c1nc2cc(CC3(N)CC3)ccc2o1. The summed E-state index contributed by atoms with van der Waals surface area (Å²) in [7, 11) is 0. The molecular formula is C15H20N2O. The molecule has 18 heavy (non-hydrogen) atoms. The van der Waals surface area contributed by atoms with E-state index < -0.39 is 0 Å². The van der Waals surface area contributed by atoms with Crippen LogP contribution >= 0.6 is 0 Å². The molecule has 2 N–H and O–H groups in total. The topological polar surface area (TPSA) is 52.0 Å². The third kappa shape index (κ3) is 2.15. The quantitative estimate of drug-likeness (QED) is 0.882. The summed E-state index contributed by atoms with van der Waals surface area (Å²) < 4.78 is 5.79. The zero-order valence-electron chi connectivity index (χ0n) is 11.3. The van der Waals surface area contributed by atoms with E-state index in [1.54, 1.807) is 0 Å². The number of hydrogen-bond donors (Lipinski definition) is 1. The number of oxazole rings is 1. The molecule has 1 aliphatic carbocycles. The van der Waals surface area contributed by atoms with E-state index in [9.17, 15) is 0 Å². The van der Waals surface area contributed by atoms with Crippen LogP contribution in [0.1, 0.15) is 45.1 Å². The first-order valence-electron chi connectivity index (χ1n) is 6.55. The van der Waals surface area contributed by atoms with Gasteiger partial charge in [0, 0.05) is 11.0 Å². The monoisotopic (exact) mass is 244 g/mol. The van der Waals surface area contributed by atoms with Crippen molar-refractivity contribution in [3.05, 3.63) is 29.7 Å². The van der Waals surface area contributed by atoms with Crippen LogP contribution in [0.25, 0.3) is 11.1 Å². The second kappa shape index (κ2) is 3.58. The molecule has 1 heterocycles. The fraction of sp³-hybridized carbons (Fsp3) is 0.533. The van der Waals surface area contributed by atoms with Crippen LogP contribution in [0.15, 0.2) is 22.6 Å². The number of rotatable bonds is 2. The summed E-state index contributed by atoms with van der Waals surface area (Å²) >= 11 is 0. The summed E-state index contributed by atoms with van der Waals surface area (Å²) in [6.07, 6.45) is 3.22. The molecule has 1 aliphatic rings. The number of fused-ring (bicyclic) bond motifs is 1. The third-order valence-corrected chi connectivity index (χ3v) is 3.54. The summed E-state index contributed by atoms with van der Waals surface area (Å²) in [6.45, 7) is 6.33. The first kappa shape index (κ1) is 11.7. The van der Waals surface area contributed by atoms with Gasteiger partial charge in [-0.15, -0.1) is 0 Å². The average molecular weight is 244 g/mol. The lowest BCUT2D eigenvalue weighted by Crippen LogP contribution is -2.24. The van der Waals surface area contributed by atoms with Crippen molar-refractivity contribution in [2.24, 2.45) is 5.73 Å². The van der Waals surface area contributed by atoms with Gasteiger partial charge in [-0.3, -0.25) is 0 Å². The van der Waals surface area contributed by atoms with Crippen LogP contribution in [0, 0.1) is 0 Å². The Bertz CT molecular complexity index is 588. The van der Waals surface area contributed by atoms with Gasteiger partial charge in [0.05, 0.1) is 0 Å². The molecule has 1 aromatic carbocycles. The molecule has 0 spiro atoms. The van der Waals surface area contributed by atoms with E-state index in [1.807, 2.05) is 6.07 Å². The number of hydrogen-bond acceptors (Lipinski definition) is 3. The summed E-state index contributed by atoms with van der Waals surface area (Å²) in [6, 6.07) is 6.23. The van der Waals surface area contributed by atoms with Crippen molar-refractivity contribution in [2.45, 2.75) is 51.0 Å². The normalized spacial score (nSPS) is 18.2. The van der Waals surface area contributed by atoms with Crippen LogP contribution < -0.4 is 5.73 Å². The standard InChI is InChI=1S/C15H20N2O/c1-14(2,3)13-17-11-8-10(4-5-12(11)18-13)9-15(16)6-7-15/h4-5,8H,6-7,9,16H2,1-3H3. The lowest BCUT2D eigenvalue weighted by atomic mass is 9.97. The number of nitrogens with two attached hydrogens (primary N) is 1. The van der Waals surface area contributed by atoms with E-state index >= 15 is 0 Å². The lowest BCUT2D eigenvalue weighted by molar-refractivity contribution is 0.411. The predicted octanol–water partition coefficient (Wildman–Crippen LogP) is 3.16. The Morgan fingerprint density at radius 2 is 2.06 bits per heavy atom. The molecule has 1 aromatic heterocycles. The van der Waals surface area contributed by atoms with Crippen LogP contribution in [0.5, 0.6) is 0 Å². The van der Waals surface area contributed by atoms with Crippen molar-refractivity contribution >= 4 is 11.1 Å². The van der Waals surface area contributed by atoms with E-state index in [4.69, 9.17) is 10.2 Å². The maximum Gasteiger partial charge on any atom is 0.200 e. The first-order chi connectivity index (χ1) is 8.36. The largest absolute Gasteiger partial charge is 0.440 e. The van der Waals surface area contributed by atoms with Gasteiger partial charge in [0.2, 0.25) is 5.89 Å². The Kier molecular flexibility index (Phi) is 2.33. The third-order valence-electron chi connectivity index (χ3n) is 3.54. The van der Waals surface area contributed by atoms with Crippen LogP contribution in [0.3, 0.4) is 0 Å². The average Bonchev–Trinajstić information content (AvgIpc) is 2.83. The minimum Gasteiger partial charge on any atom is -0.440 e. The Balaban J connectivity index is 1.96. The highest BCUT2D eigenvalue weighted by molar-refractivity contribution is 5.73. The Labute approximate surface area is 107 Å². The van der Waals surface area contributed by atoms with Gasteiger partial charge in [-0.2, -0.15) is 0 Å². The number of aromatic nitrogens is 1. The molecule has 3 rings (SSSR count). The van der Waals surface area contributed by atoms with Crippen LogP contribution in [-0.4, -0.2) is 10.5 Å². The molecule has 0 saturated heterocycles. The summed E-state index contributed by atoms with van der Waals surface area (Å²) in [4.78, 5) is 4.59. The summed E-state index contributed by atoms with van der Waals surface area (Å²) in [5.74, 6) is 0.795. The molecule has 3 nitrogen and oxygen atoms in total. The fourth-order valence-electron chi connectivity index (χ4n) is 2.15. The second-order valence-corrected chi connectivity index (χ2v) is 6.61. The van der Waals surface area contributed by atoms with Gasteiger partial charge in [0.1, 0.15) is 5.52 Å². The second-order valence-electron chi connectivity index (χ2n) is 6.61. The van der Waals surface area contributed by atoms with Gasteiger partial charge < -0.3 is 10.2 Å². The highest BCUT2D eigenvalue weighted by Crippen LogP contribution is 2.36. The molecule has 1 saturated carbocycles. The highest BCUT2D eigenvalue weighted by Gasteiger charge is 2.38. The Morgan fingerprint density at radius 1 is 1.33 bits per heavy atom. The van der Waals surface area contributed by atoms with Crippen molar-refractivity contribution in [1.82, 2.24) is 4.98 Å². The molecule has 2 aromatic rings. The van der Waals surface area contributed by atoms with Gasteiger partial charge in [0.25, 0.3) is 0 Å². The lowest BCUT2D eigenvalue weighted by Gasteiger charge is -2.11. The molecule has 3 heteroatoms. The first-order valence-corrected chi connectivity index (χ1v) is 6.55. The number of nitrogens with zero attached hydrogens (tertiary/aromatic N) is 1. The molecular weight excluding hydrogens is 224 g/mol. The van der Waals surface area contributed by atoms with E-state index in [1.165, 1.54) is 5.56 Å². The van der Waals surface area contributed by atoms with E-state index in [2.05, 4.69) is 37.9 Å². The van der Waals surface area contributed by atoms with Gasteiger partial charge in [-0.25, -0.2) is 4.98 Å². The fourth-order valence-corrected chi connectivity index (χ4v) is 2.15. The van der Waals surface area contributed by atoms with Gasteiger partial charge in [-0.1, -0.05) is 26.8 Å². The Hall–Kier alpha value is -1.35. The molecule has 0 aliphatic heterocycles. The highest BCUT2D eigenvalue weighted by atomic mass is 16.3. The molecule has 0 unspecified atom stereocenters. The van der Waals surface area contributed by atoms with Crippen LogP contribution in [0.4, 0.5) is 0 Å². The van der Waals surface area contributed by atoms with E-state index in [0.717, 1.165) is 36.3 Å². The molecule has 96 valence electrons. The van der Waals surface area contributed by atoms with Gasteiger partial charge >= 0.3 is 0 Å². The van der Waals surface area contributed by atoms with Crippen LogP contribution in [0.2, 0.25) is 0 Å². The molecule has 1 fully saturated rings. The molecule has 0 radical (unpaired) electrons. The maximum absolute atomic E-state index is 6.15. The summed E-state index contributed by atoms with van der Waals surface area (Å²) in [5.41, 5.74) is 9.22. The van der Waals surface area contributed by atoms with Crippen molar-refractivity contribution in [2.75, 3.05) is 0 Å². The van der Waals surface area contributed by atoms with E-state index in [-0.39, 0.29) is 11.0 Å². The van der Waals surface area contributed by atoms with Crippen molar-refractivity contribution in [3.8, 4) is 0 Å². The van der Waals surface area contributed by atoms with Crippen molar-refractivity contribution < 1.29 is 4.42 Å². The van der Waals surface area contributed by atoms with Crippen molar-refractivity contribution in [1.29, 1.82) is 0 Å². The van der Waals surface area contributed by atoms with Crippen LogP contribution in [-0.2, 0) is 11.8 Å². The molecule has 0 amide bonds. The van der Waals surface area contributed by atoms with Crippen molar-refractivity contribution in [3.63, 3.8) is 0 Å². The molecule has 0 atom stereocenters. The van der Waals surface area contributed by atoms with Gasteiger partial charge in [-0.05, 0) is 37.0 Å². The predicted molar refractivity (Wildman–Crippen MR) is 72.6 cm³/mol. The maximum atomic E-state index is 6.15. The van der Waals surface area contributed by atoms with E-state index in [0.29, 0.717) is 0 Å². The zero-order valence-corrected chi connectivity index (χ0v) is 11.3. The Morgan fingerprint density at radius 3 is 2.67 bits per heavy atom. The minimum absolute atomic E-state index is 0.0459. The van der Waals surface area contributed by atoms with Gasteiger partial charge in [0.15, 0.2) is 5.58 Å². The summed E-state index contributed by atoms with van der Waals surface area (Å²) in [5, 5.41) is 0. The zero-order chi connectivity index (χ0) is 13.0.